The molecule has 7 heteroatoms. The highest BCUT2D eigenvalue weighted by molar-refractivity contribution is 7.92. The summed E-state index contributed by atoms with van der Waals surface area (Å²) >= 11 is 5.76. The van der Waals surface area contributed by atoms with Crippen molar-refractivity contribution in [3.63, 3.8) is 0 Å². The number of hydrogen-bond acceptors (Lipinski definition) is 3. The lowest BCUT2D eigenvalue weighted by Crippen LogP contribution is -2.30. The second kappa shape index (κ2) is 7.02. The minimum atomic E-state index is -3.74. The molecule has 0 fully saturated rings. The molecular formula is C16H17ClN2O3S. The maximum absolute atomic E-state index is 12.3. The zero-order valence-electron chi connectivity index (χ0n) is 12.7. The fourth-order valence-corrected chi connectivity index (χ4v) is 3.07. The van der Waals surface area contributed by atoms with Crippen LogP contribution >= 0.6 is 11.6 Å². The molecule has 2 rings (SSSR count). The normalized spacial score (nSPS) is 11.3. The topological polar surface area (TPSA) is 75.3 Å². The molecule has 0 radical (unpaired) electrons. The van der Waals surface area contributed by atoms with E-state index in [0.717, 1.165) is 0 Å². The summed E-state index contributed by atoms with van der Waals surface area (Å²) in [7, 11) is -3.74. The van der Waals surface area contributed by atoms with Gasteiger partial charge in [0.1, 0.15) is 0 Å². The van der Waals surface area contributed by atoms with E-state index < -0.39 is 10.0 Å². The second-order valence-corrected chi connectivity index (χ2v) is 7.39. The number of halogens is 1. The molecule has 0 saturated carbocycles. The Morgan fingerprint density at radius 1 is 1.09 bits per heavy atom. The molecule has 0 spiro atoms. The third-order valence-corrected chi connectivity index (χ3v) is 4.57. The summed E-state index contributed by atoms with van der Waals surface area (Å²) in [6, 6.07) is 12.2. The van der Waals surface area contributed by atoms with Crippen molar-refractivity contribution in [2.24, 2.45) is 0 Å². The van der Waals surface area contributed by atoms with Crippen LogP contribution < -0.4 is 10.0 Å². The van der Waals surface area contributed by atoms with Crippen LogP contribution in [-0.2, 0) is 10.0 Å². The lowest BCUT2D eigenvalue weighted by Gasteiger charge is -2.11. The molecule has 0 saturated heterocycles. The van der Waals surface area contributed by atoms with Gasteiger partial charge in [-0.05, 0) is 56.3 Å². The van der Waals surface area contributed by atoms with Crippen molar-refractivity contribution in [3.8, 4) is 0 Å². The third-order valence-electron chi connectivity index (χ3n) is 2.92. The van der Waals surface area contributed by atoms with Gasteiger partial charge in [0.25, 0.3) is 15.9 Å². The van der Waals surface area contributed by atoms with Gasteiger partial charge in [-0.25, -0.2) is 8.42 Å². The fourth-order valence-electron chi connectivity index (χ4n) is 1.90. The number of sulfonamides is 1. The quantitative estimate of drug-likeness (QED) is 0.867. The van der Waals surface area contributed by atoms with Gasteiger partial charge >= 0.3 is 0 Å². The van der Waals surface area contributed by atoms with Gasteiger partial charge < -0.3 is 5.32 Å². The van der Waals surface area contributed by atoms with E-state index in [1.807, 2.05) is 13.8 Å². The van der Waals surface area contributed by atoms with Gasteiger partial charge in [0.05, 0.1) is 4.90 Å². The van der Waals surface area contributed by atoms with Crippen LogP contribution in [-0.4, -0.2) is 20.4 Å². The van der Waals surface area contributed by atoms with E-state index in [1.54, 1.807) is 18.2 Å². The molecule has 0 unspecified atom stereocenters. The summed E-state index contributed by atoms with van der Waals surface area (Å²) in [5, 5.41) is 3.21. The van der Waals surface area contributed by atoms with E-state index in [9.17, 15) is 13.2 Å². The van der Waals surface area contributed by atoms with Gasteiger partial charge in [-0.1, -0.05) is 17.7 Å². The van der Waals surface area contributed by atoms with Crippen LogP contribution in [0.15, 0.2) is 53.4 Å². The smallest absolute Gasteiger partial charge is 0.261 e. The Bertz CT molecular complexity index is 802. The second-order valence-electron chi connectivity index (χ2n) is 5.27. The van der Waals surface area contributed by atoms with Gasteiger partial charge in [0.15, 0.2) is 0 Å². The standard InChI is InChI=1S/C16H17ClN2O3S/c1-11(2)18-16(20)12-4-3-5-14(10-12)19-23(21,22)15-8-6-13(17)7-9-15/h3-11,19H,1-2H3,(H,18,20). The minimum Gasteiger partial charge on any atom is -0.350 e. The lowest BCUT2D eigenvalue weighted by atomic mass is 10.2. The average Bonchev–Trinajstić information content (AvgIpc) is 2.46. The maximum Gasteiger partial charge on any atom is 0.261 e. The van der Waals surface area contributed by atoms with E-state index in [2.05, 4.69) is 10.0 Å². The lowest BCUT2D eigenvalue weighted by molar-refractivity contribution is 0.0943. The molecule has 0 heterocycles. The van der Waals surface area contributed by atoms with Crippen molar-refractivity contribution in [1.82, 2.24) is 5.32 Å². The number of carbonyl (C=O) groups is 1. The number of amides is 1. The van der Waals surface area contributed by atoms with Crippen molar-refractivity contribution in [3.05, 3.63) is 59.1 Å². The highest BCUT2D eigenvalue weighted by Crippen LogP contribution is 2.19. The van der Waals surface area contributed by atoms with E-state index in [-0.39, 0.29) is 16.8 Å². The van der Waals surface area contributed by atoms with Crippen LogP contribution in [0.2, 0.25) is 5.02 Å². The van der Waals surface area contributed by atoms with Crippen LogP contribution in [0.5, 0.6) is 0 Å². The summed E-state index contributed by atoms with van der Waals surface area (Å²) in [6.07, 6.45) is 0. The van der Waals surface area contributed by atoms with E-state index in [1.165, 1.54) is 30.3 Å². The Hall–Kier alpha value is -2.05. The Morgan fingerprint density at radius 3 is 2.35 bits per heavy atom. The Balaban J connectivity index is 2.23. The first-order valence-corrected chi connectivity index (χ1v) is 8.83. The molecule has 0 aliphatic carbocycles. The molecule has 1 amide bonds. The van der Waals surface area contributed by atoms with Gasteiger partial charge in [0.2, 0.25) is 0 Å². The van der Waals surface area contributed by atoms with Gasteiger partial charge in [-0.15, -0.1) is 0 Å². The van der Waals surface area contributed by atoms with Crippen molar-refractivity contribution < 1.29 is 13.2 Å². The Labute approximate surface area is 140 Å². The SMILES string of the molecule is CC(C)NC(=O)c1cccc(NS(=O)(=O)c2ccc(Cl)cc2)c1. The molecule has 2 N–H and O–H groups in total. The number of anilines is 1. The number of carbonyl (C=O) groups excluding carboxylic acids is 1. The van der Waals surface area contributed by atoms with Crippen LogP contribution in [0.3, 0.4) is 0 Å². The molecule has 23 heavy (non-hydrogen) atoms. The monoisotopic (exact) mass is 352 g/mol. The third kappa shape index (κ3) is 4.71. The summed E-state index contributed by atoms with van der Waals surface area (Å²) in [6.45, 7) is 3.70. The van der Waals surface area contributed by atoms with Crippen molar-refractivity contribution in [1.29, 1.82) is 0 Å². The Morgan fingerprint density at radius 2 is 1.74 bits per heavy atom. The van der Waals surface area contributed by atoms with E-state index in [4.69, 9.17) is 11.6 Å². The zero-order valence-corrected chi connectivity index (χ0v) is 14.3. The summed E-state index contributed by atoms with van der Waals surface area (Å²) < 4.78 is 27.1. The number of nitrogens with one attached hydrogen (secondary N) is 2. The molecule has 0 aromatic heterocycles. The van der Waals surface area contributed by atoms with Crippen LogP contribution in [0, 0.1) is 0 Å². The molecule has 0 aliphatic heterocycles. The molecular weight excluding hydrogens is 336 g/mol. The molecule has 2 aromatic rings. The highest BCUT2D eigenvalue weighted by Gasteiger charge is 2.15. The van der Waals surface area contributed by atoms with Gasteiger partial charge in [0, 0.05) is 22.3 Å². The first-order chi connectivity index (χ1) is 10.8. The molecule has 122 valence electrons. The molecule has 0 aliphatic rings. The summed E-state index contributed by atoms with van der Waals surface area (Å²) in [5.74, 6) is -0.257. The largest absolute Gasteiger partial charge is 0.350 e. The zero-order chi connectivity index (χ0) is 17.0. The van der Waals surface area contributed by atoms with Crippen molar-refractivity contribution >= 4 is 33.2 Å². The van der Waals surface area contributed by atoms with Crippen LogP contribution in [0.1, 0.15) is 24.2 Å². The fraction of sp³-hybridized carbons (Fsp3) is 0.188. The average molecular weight is 353 g/mol. The predicted molar refractivity (Wildman–Crippen MR) is 91.3 cm³/mol. The first-order valence-electron chi connectivity index (χ1n) is 6.97. The maximum atomic E-state index is 12.3. The van der Waals surface area contributed by atoms with Gasteiger partial charge in [-0.3, -0.25) is 9.52 Å². The van der Waals surface area contributed by atoms with E-state index >= 15 is 0 Å². The minimum absolute atomic E-state index is 0.00286. The number of benzene rings is 2. The van der Waals surface area contributed by atoms with Crippen LogP contribution in [0.25, 0.3) is 0 Å². The number of rotatable bonds is 5. The molecule has 0 atom stereocenters. The first kappa shape index (κ1) is 17.3. The molecule has 2 aromatic carbocycles. The molecule has 0 bridgehead atoms. The van der Waals surface area contributed by atoms with Crippen LogP contribution in [0.4, 0.5) is 5.69 Å². The summed E-state index contributed by atoms with van der Waals surface area (Å²) in [5.41, 5.74) is 0.700. The molecule has 5 nitrogen and oxygen atoms in total. The van der Waals surface area contributed by atoms with Gasteiger partial charge in [-0.2, -0.15) is 0 Å². The van der Waals surface area contributed by atoms with Crippen molar-refractivity contribution in [2.45, 2.75) is 24.8 Å². The van der Waals surface area contributed by atoms with E-state index in [0.29, 0.717) is 16.3 Å². The Kier molecular flexibility index (Phi) is 5.28. The predicted octanol–water partition coefficient (Wildman–Crippen LogP) is 3.28. The summed E-state index contributed by atoms with van der Waals surface area (Å²) in [4.78, 5) is 12.1. The number of hydrogen-bond donors (Lipinski definition) is 2. The van der Waals surface area contributed by atoms with Crippen molar-refractivity contribution in [2.75, 3.05) is 4.72 Å². The highest BCUT2D eigenvalue weighted by atomic mass is 35.5.